The monoisotopic (exact) mass is 116 g/mol. The van der Waals surface area contributed by atoms with Gasteiger partial charge in [0.15, 0.2) is 0 Å². The number of nitrogens with zero attached hydrogens (tertiary/aromatic N) is 3. The fourth-order valence-electron chi connectivity index (χ4n) is 0.274. The second-order valence-corrected chi connectivity index (χ2v) is 1.31. The van der Waals surface area contributed by atoms with Crippen LogP contribution in [0.1, 0.15) is 19.8 Å². The summed E-state index contributed by atoms with van der Waals surface area (Å²) in [6.45, 7) is 2.71. The van der Waals surface area contributed by atoms with E-state index in [0.717, 1.165) is 12.8 Å². The van der Waals surface area contributed by atoms with Crippen molar-refractivity contribution in [1.82, 2.24) is 6.15 Å². The molecule has 0 rings (SSSR count). The lowest BCUT2D eigenvalue weighted by Gasteiger charge is -1.80. The minimum atomic E-state index is 0. The highest BCUT2D eigenvalue weighted by Gasteiger charge is 1.74. The largest absolute Gasteiger partial charge is 0.344 e. The Morgan fingerprint density at radius 1 is 1.62 bits per heavy atom. The topological polar surface area (TPSA) is 83.8 Å². The molecule has 0 aliphatic heterocycles. The van der Waals surface area contributed by atoms with Crippen LogP contribution in [-0.2, 0) is 0 Å². The highest BCUT2D eigenvalue weighted by molar-refractivity contribution is 4.43. The van der Waals surface area contributed by atoms with E-state index in [1.807, 2.05) is 0 Å². The van der Waals surface area contributed by atoms with Crippen LogP contribution >= 0.6 is 0 Å². The fourth-order valence-corrected chi connectivity index (χ4v) is 0.274. The van der Waals surface area contributed by atoms with Crippen LogP contribution in [0.2, 0.25) is 0 Å². The van der Waals surface area contributed by atoms with Gasteiger partial charge in [0.05, 0.1) is 0 Å². The zero-order valence-electron chi connectivity index (χ0n) is 5.17. The summed E-state index contributed by atoms with van der Waals surface area (Å²) in [6, 6.07) is 0. The molecule has 0 saturated carbocycles. The number of hydrogen-bond donors (Lipinski definition) is 1. The third-order valence-electron chi connectivity index (χ3n) is 0.675. The van der Waals surface area contributed by atoms with Gasteiger partial charge in [0, 0.05) is 11.5 Å². The normalized spacial score (nSPS) is 6.62. The second kappa shape index (κ2) is 9.55. The van der Waals surface area contributed by atoms with Gasteiger partial charge in [-0.3, -0.25) is 0 Å². The van der Waals surface area contributed by atoms with E-state index >= 15 is 0 Å². The van der Waals surface area contributed by atoms with Gasteiger partial charge in [-0.25, -0.2) is 0 Å². The molecule has 4 nitrogen and oxygen atoms in total. The van der Waals surface area contributed by atoms with Crippen molar-refractivity contribution in [3.05, 3.63) is 10.4 Å². The molecule has 0 fully saturated rings. The molecular weight excluding hydrogens is 104 g/mol. The Bertz CT molecular complexity index is 74.1. The van der Waals surface area contributed by atoms with Crippen molar-refractivity contribution >= 4 is 0 Å². The predicted molar refractivity (Wildman–Crippen MR) is 33.9 cm³/mol. The Kier molecular flexibility index (Phi) is 12.3. The van der Waals surface area contributed by atoms with Gasteiger partial charge in [0.25, 0.3) is 0 Å². The predicted octanol–water partition coefficient (Wildman–Crippen LogP) is 2.26. The van der Waals surface area contributed by atoms with Crippen LogP contribution in [0.4, 0.5) is 0 Å². The third kappa shape index (κ3) is 8.99. The standard InChI is InChI=1S/C4H9N3.H3N/c1-2-3-4-6-7-5;/h2-4H2,1H3;1H3. The molecule has 48 valence electrons. The molecule has 0 amide bonds. The Morgan fingerprint density at radius 3 is 2.62 bits per heavy atom. The lowest BCUT2D eigenvalue weighted by atomic mass is 10.3. The highest BCUT2D eigenvalue weighted by Crippen LogP contribution is 1.85. The van der Waals surface area contributed by atoms with Gasteiger partial charge < -0.3 is 6.15 Å². The molecule has 4 heteroatoms. The molecule has 3 N–H and O–H groups in total. The summed E-state index contributed by atoms with van der Waals surface area (Å²) < 4.78 is 0. The minimum absolute atomic E-state index is 0. The van der Waals surface area contributed by atoms with Crippen LogP contribution in [0.3, 0.4) is 0 Å². The summed E-state index contributed by atoms with van der Waals surface area (Å²) in [7, 11) is 0. The quantitative estimate of drug-likeness (QED) is 0.261. The van der Waals surface area contributed by atoms with Crippen LogP contribution < -0.4 is 6.15 Å². The van der Waals surface area contributed by atoms with Crippen molar-refractivity contribution in [1.29, 1.82) is 0 Å². The highest BCUT2D eigenvalue weighted by atomic mass is 15.1. The number of hydrogen-bond acceptors (Lipinski definition) is 2. The number of unbranched alkanes of at least 4 members (excludes halogenated alkanes) is 1. The zero-order chi connectivity index (χ0) is 5.54. The Labute approximate surface area is 49.1 Å². The summed E-state index contributed by atoms with van der Waals surface area (Å²) in [5, 5.41) is 3.34. The van der Waals surface area contributed by atoms with Crippen LogP contribution in [0.5, 0.6) is 0 Å². The van der Waals surface area contributed by atoms with Gasteiger partial charge in [-0.05, 0) is 12.0 Å². The Balaban J connectivity index is 0. The maximum Gasteiger partial charge on any atom is 0.0257 e. The first-order valence-electron chi connectivity index (χ1n) is 2.42. The fraction of sp³-hybridized carbons (Fsp3) is 1.00. The first-order valence-corrected chi connectivity index (χ1v) is 2.42. The van der Waals surface area contributed by atoms with Crippen LogP contribution in [0.15, 0.2) is 5.11 Å². The molecule has 0 aliphatic rings. The average molecular weight is 116 g/mol. The van der Waals surface area contributed by atoms with E-state index in [1.54, 1.807) is 0 Å². The van der Waals surface area contributed by atoms with E-state index < -0.39 is 0 Å². The lowest BCUT2D eigenvalue weighted by Crippen LogP contribution is -1.72. The maximum absolute atomic E-state index is 7.75. The molecule has 0 aromatic heterocycles. The molecule has 0 heterocycles. The molecular formula is C4H12N4. The van der Waals surface area contributed by atoms with E-state index in [0.29, 0.717) is 6.54 Å². The van der Waals surface area contributed by atoms with Crippen molar-refractivity contribution in [3.63, 3.8) is 0 Å². The Morgan fingerprint density at radius 2 is 2.25 bits per heavy atom. The van der Waals surface area contributed by atoms with E-state index in [-0.39, 0.29) is 6.15 Å². The first kappa shape index (κ1) is 10.3. The lowest BCUT2D eigenvalue weighted by molar-refractivity contribution is 0.802. The van der Waals surface area contributed by atoms with Crippen molar-refractivity contribution in [2.75, 3.05) is 6.54 Å². The summed E-state index contributed by atoms with van der Waals surface area (Å²) in [6.07, 6.45) is 2.10. The molecule has 0 aliphatic carbocycles. The molecule has 0 aromatic carbocycles. The van der Waals surface area contributed by atoms with Gasteiger partial charge in [-0.15, -0.1) is 0 Å². The number of rotatable bonds is 3. The van der Waals surface area contributed by atoms with Crippen molar-refractivity contribution in [2.45, 2.75) is 19.8 Å². The van der Waals surface area contributed by atoms with Crippen LogP contribution in [0, 0.1) is 0 Å². The van der Waals surface area contributed by atoms with E-state index in [1.165, 1.54) is 0 Å². The molecule has 0 atom stereocenters. The summed E-state index contributed by atoms with van der Waals surface area (Å²) in [5.74, 6) is 0. The molecule has 0 bridgehead atoms. The van der Waals surface area contributed by atoms with Gasteiger partial charge in [0.1, 0.15) is 0 Å². The Hall–Kier alpha value is -0.730. The molecule has 8 heavy (non-hydrogen) atoms. The van der Waals surface area contributed by atoms with Crippen molar-refractivity contribution in [3.8, 4) is 0 Å². The molecule has 0 unspecified atom stereocenters. The average Bonchev–Trinajstić information content (AvgIpc) is 1.69. The van der Waals surface area contributed by atoms with Crippen LogP contribution in [0.25, 0.3) is 10.4 Å². The minimum Gasteiger partial charge on any atom is -0.344 e. The third-order valence-corrected chi connectivity index (χ3v) is 0.675. The summed E-state index contributed by atoms with van der Waals surface area (Å²) >= 11 is 0. The van der Waals surface area contributed by atoms with Crippen molar-refractivity contribution in [2.24, 2.45) is 5.11 Å². The zero-order valence-corrected chi connectivity index (χ0v) is 5.17. The SMILES string of the molecule is CCCCN=[N+]=[N-].N. The van der Waals surface area contributed by atoms with Crippen LogP contribution in [-0.4, -0.2) is 6.54 Å². The smallest absolute Gasteiger partial charge is 0.0257 e. The maximum atomic E-state index is 7.75. The van der Waals surface area contributed by atoms with E-state index in [9.17, 15) is 0 Å². The van der Waals surface area contributed by atoms with Gasteiger partial charge in [0.2, 0.25) is 0 Å². The molecule has 0 aromatic rings. The first-order chi connectivity index (χ1) is 3.41. The van der Waals surface area contributed by atoms with Gasteiger partial charge in [-0.1, -0.05) is 18.5 Å². The van der Waals surface area contributed by atoms with Crippen molar-refractivity contribution < 1.29 is 0 Å². The summed E-state index contributed by atoms with van der Waals surface area (Å²) in [4.78, 5) is 2.60. The van der Waals surface area contributed by atoms with Gasteiger partial charge in [-0.2, -0.15) is 0 Å². The number of azide groups is 1. The second-order valence-electron chi connectivity index (χ2n) is 1.31. The van der Waals surface area contributed by atoms with E-state index in [4.69, 9.17) is 5.53 Å². The molecule has 0 saturated heterocycles. The summed E-state index contributed by atoms with van der Waals surface area (Å²) in [5.41, 5.74) is 7.75. The van der Waals surface area contributed by atoms with E-state index in [2.05, 4.69) is 16.9 Å². The van der Waals surface area contributed by atoms with Gasteiger partial charge >= 0.3 is 0 Å². The molecule has 0 radical (unpaired) electrons. The molecule has 0 spiro atoms.